The molecular weight excluding hydrogens is 326 g/mol. The fraction of sp³-hybridized carbons (Fsp3) is 0.273. The summed E-state index contributed by atoms with van der Waals surface area (Å²) in [5.41, 5.74) is 0. The van der Waals surface area contributed by atoms with Gasteiger partial charge < -0.3 is 0 Å². The van der Waals surface area contributed by atoms with Gasteiger partial charge in [-0.2, -0.15) is 0 Å². The van der Waals surface area contributed by atoms with Crippen LogP contribution < -0.4 is 4.46 Å². The van der Waals surface area contributed by atoms with Gasteiger partial charge in [0.25, 0.3) is 0 Å². The first-order valence-corrected chi connectivity index (χ1v) is 8.71. The monoisotopic (exact) mass is 340 g/mol. The van der Waals surface area contributed by atoms with Crippen molar-refractivity contribution in [2.75, 3.05) is 20.1 Å². The second-order valence-corrected chi connectivity index (χ2v) is 7.90. The second-order valence-electron chi connectivity index (χ2n) is 3.05. The van der Waals surface area contributed by atoms with E-state index >= 15 is 0 Å². The van der Waals surface area contributed by atoms with Gasteiger partial charge in [-0.1, -0.05) is 0 Å². The quantitative estimate of drug-likeness (QED) is 0.454. The van der Waals surface area contributed by atoms with Crippen molar-refractivity contribution in [2.45, 2.75) is 0 Å². The Balaban J connectivity index is 2.86. The first kappa shape index (κ1) is 15.0. The first-order chi connectivity index (χ1) is 8.13. The molecule has 0 saturated heterocycles. The van der Waals surface area contributed by atoms with Crippen LogP contribution in [-0.2, 0) is 13.6 Å². The van der Waals surface area contributed by atoms with E-state index in [0.717, 1.165) is 4.47 Å². The topological polar surface area (TPSA) is 35.5 Å². The van der Waals surface area contributed by atoms with E-state index in [-0.39, 0.29) is 15.0 Å². The first-order valence-electron chi connectivity index (χ1n) is 4.85. The van der Waals surface area contributed by atoms with Gasteiger partial charge in [0.05, 0.1) is 0 Å². The Morgan fingerprint density at radius 3 is 2.41 bits per heavy atom. The number of hydrogen-bond acceptors (Lipinski definition) is 3. The van der Waals surface area contributed by atoms with Gasteiger partial charge in [-0.15, -0.1) is 0 Å². The Hall–Kier alpha value is -0.0805. The zero-order valence-corrected chi connectivity index (χ0v) is 13.0. The van der Waals surface area contributed by atoms with Crippen LogP contribution in [0.4, 0.5) is 0 Å². The molecule has 0 fully saturated rings. The zero-order chi connectivity index (χ0) is 12.7. The molecule has 0 amide bonds. The van der Waals surface area contributed by atoms with Gasteiger partial charge in [-0.3, -0.25) is 0 Å². The molecule has 6 heteroatoms. The van der Waals surface area contributed by atoms with E-state index in [4.69, 9.17) is 20.6 Å². The molecule has 0 saturated carbocycles. The fourth-order valence-corrected chi connectivity index (χ4v) is 4.92. The average Bonchev–Trinajstić information content (AvgIpc) is 2.39. The molecule has 0 unspecified atom stereocenters. The predicted molar refractivity (Wildman–Crippen MR) is 72.3 cm³/mol. The number of hydrogen-bond donors (Lipinski definition) is 0. The molecule has 0 spiro atoms. The Bertz CT molecular complexity index is 414. The minimum absolute atomic E-state index is 0.0374. The van der Waals surface area contributed by atoms with Gasteiger partial charge in [0.2, 0.25) is 0 Å². The average molecular weight is 340 g/mol. The van der Waals surface area contributed by atoms with E-state index in [2.05, 4.69) is 0 Å². The van der Waals surface area contributed by atoms with Crippen molar-refractivity contribution in [2.24, 2.45) is 0 Å². The standard InChI is InChI=1S/C11H14ClO3PSe/c1-14-16(13,15-2)9-11(8-12)17-10-6-4-3-5-7-10/h3-7,9H,8H2,1-2H3/b11-9+. The third-order valence-corrected chi connectivity index (χ3v) is 6.79. The van der Waals surface area contributed by atoms with E-state index in [0.29, 0.717) is 5.88 Å². The minimum atomic E-state index is -3.12. The van der Waals surface area contributed by atoms with Gasteiger partial charge in [0.15, 0.2) is 0 Å². The molecular formula is C11H14ClO3PSe. The maximum atomic E-state index is 11.9. The molecule has 0 aliphatic carbocycles. The summed E-state index contributed by atoms with van der Waals surface area (Å²) in [7, 11) is -0.395. The summed E-state index contributed by atoms with van der Waals surface area (Å²) in [5, 5.41) is 0. The molecule has 0 aliphatic heterocycles. The third-order valence-electron chi connectivity index (χ3n) is 1.93. The number of halogens is 1. The molecule has 1 aromatic rings. The normalized spacial score (nSPS) is 12.8. The van der Waals surface area contributed by atoms with Crippen LogP contribution in [0.2, 0.25) is 0 Å². The van der Waals surface area contributed by atoms with Gasteiger partial charge in [0, 0.05) is 0 Å². The number of allylic oxidation sites excluding steroid dienone is 1. The van der Waals surface area contributed by atoms with Crippen LogP contribution in [0.25, 0.3) is 0 Å². The van der Waals surface area contributed by atoms with Crippen molar-refractivity contribution in [3.05, 3.63) is 40.6 Å². The molecule has 17 heavy (non-hydrogen) atoms. The molecule has 0 bridgehead atoms. The zero-order valence-electron chi connectivity index (χ0n) is 9.63. The third kappa shape index (κ3) is 4.97. The van der Waals surface area contributed by atoms with E-state index in [1.54, 1.807) is 0 Å². The van der Waals surface area contributed by atoms with Gasteiger partial charge in [-0.05, 0) is 0 Å². The summed E-state index contributed by atoms with van der Waals surface area (Å²) in [6.07, 6.45) is 0. The summed E-state index contributed by atoms with van der Waals surface area (Å²) in [5.74, 6) is 1.85. The fourth-order valence-electron chi connectivity index (χ4n) is 1.08. The van der Waals surface area contributed by atoms with Crippen LogP contribution in [-0.4, -0.2) is 35.1 Å². The maximum absolute atomic E-state index is 11.9. The van der Waals surface area contributed by atoms with Crippen molar-refractivity contribution < 1.29 is 13.6 Å². The molecule has 0 radical (unpaired) electrons. The van der Waals surface area contributed by atoms with Crippen LogP contribution in [0.1, 0.15) is 0 Å². The van der Waals surface area contributed by atoms with Crippen molar-refractivity contribution in [1.82, 2.24) is 0 Å². The SMILES string of the molecule is COP(=O)(/C=C(\CCl)[Se]c1ccccc1)OC. The van der Waals surface area contributed by atoms with Gasteiger partial charge >= 0.3 is 113 Å². The molecule has 0 aromatic heterocycles. The Morgan fingerprint density at radius 2 is 1.94 bits per heavy atom. The Morgan fingerprint density at radius 1 is 1.35 bits per heavy atom. The molecule has 0 N–H and O–H groups in total. The van der Waals surface area contributed by atoms with Crippen molar-refractivity contribution >= 4 is 38.6 Å². The van der Waals surface area contributed by atoms with Crippen molar-refractivity contribution in [3.8, 4) is 0 Å². The van der Waals surface area contributed by atoms with Crippen LogP contribution in [0.5, 0.6) is 0 Å². The summed E-state index contributed by atoms with van der Waals surface area (Å²) >= 11 is 5.89. The second kappa shape index (κ2) is 7.38. The molecule has 1 aromatic carbocycles. The van der Waals surface area contributed by atoms with E-state index < -0.39 is 7.60 Å². The molecule has 94 valence electrons. The number of rotatable bonds is 6. The van der Waals surface area contributed by atoms with E-state index in [1.807, 2.05) is 30.3 Å². The predicted octanol–water partition coefficient (Wildman–Crippen LogP) is 2.58. The van der Waals surface area contributed by atoms with Crippen molar-refractivity contribution in [1.29, 1.82) is 0 Å². The van der Waals surface area contributed by atoms with Crippen LogP contribution in [0.15, 0.2) is 40.6 Å². The van der Waals surface area contributed by atoms with Crippen LogP contribution in [0.3, 0.4) is 0 Å². The number of benzene rings is 1. The summed E-state index contributed by atoms with van der Waals surface area (Å²) in [4.78, 5) is 0. The molecule has 1 rings (SSSR count). The van der Waals surface area contributed by atoms with Gasteiger partial charge in [0.1, 0.15) is 0 Å². The summed E-state index contributed by atoms with van der Waals surface area (Å²) in [6.45, 7) is 0. The number of alkyl halides is 1. The summed E-state index contributed by atoms with van der Waals surface area (Å²) in [6, 6.07) is 9.93. The Kier molecular flexibility index (Phi) is 6.50. The van der Waals surface area contributed by atoms with E-state index in [9.17, 15) is 4.57 Å². The van der Waals surface area contributed by atoms with Crippen molar-refractivity contribution in [3.63, 3.8) is 0 Å². The molecule has 0 aliphatic rings. The van der Waals surface area contributed by atoms with E-state index in [1.165, 1.54) is 24.5 Å². The molecule has 3 nitrogen and oxygen atoms in total. The Labute approximate surface area is 113 Å². The molecule has 0 atom stereocenters. The summed E-state index contributed by atoms with van der Waals surface area (Å²) < 4.78 is 23.7. The van der Waals surface area contributed by atoms with Crippen LogP contribution >= 0.6 is 19.2 Å². The van der Waals surface area contributed by atoms with Crippen LogP contribution in [0, 0.1) is 0 Å². The molecule has 0 heterocycles. The van der Waals surface area contributed by atoms with Gasteiger partial charge in [-0.25, -0.2) is 0 Å².